The molecule has 1 amide bonds. The van der Waals surface area contributed by atoms with Crippen LogP contribution in [-0.4, -0.2) is 67.1 Å². The summed E-state index contributed by atoms with van der Waals surface area (Å²) in [5.74, 6) is -3.17. The lowest BCUT2D eigenvalue weighted by molar-refractivity contribution is -0.124. The maximum atomic E-state index is 13.5. The lowest BCUT2D eigenvalue weighted by atomic mass is 9.91. The number of methoxy groups -OCH3 is 1. The highest BCUT2D eigenvalue weighted by atomic mass is 32.5. The van der Waals surface area contributed by atoms with Gasteiger partial charge in [-0.1, -0.05) is 19.4 Å². The van der Waals surface area contributed by atoms with Crippen LogP contribution in [0.25, 0.3) is 0 Å². The molecule has 4 rings (SSSR count). The van der Waals surface area contributed by atoms with Gasteiger partial charge in [0.1, 0.15) is 23.0 Å². The molecule has 0 radical (unpaired) electrons. The van der Waals surface area contributed by atoms with Crippen LogP contribution in [0.4, 0.5) is 33.9 Å². The maximum Gasteiger partial charge on any atom is 0.310 e. The van der Waals surface area contributed by atoms with Crippen molar-refractivity contribution in [2.45, 2.75) is 67.2 Å². The van der Waals surface area contributed by atoms with Crippen molar-refractivity contribution in [1.82, 2.24) is 15.6 Å². The second kappa shape index (κ2) is 11.9. The minimum absolute atomic E-state index is 0.0341. The van der Waals surface area contributed by atoms with Gasteiger partial charge in [0.15, 0.2) is 0 Å². The summed E-state index contributed by atoms with van der Waals surface area (Å²) < 4.78 is 97.7. The van der Waals surface area contributed by atoms with E-state index >= 15 is 0 Å². The van der Waals surface area contributed by atoms with Gasteiger partial charge in [-0.25, -0.2) is 8.78 Å². The molecule has 1 aromatic carbocycles. The Kier molecular flexibility index (Phi) is 9.44. The first kappa shape index (κ1) is 33.4. The van der Waals surface area contributed by atoms with Crippen LogP contribution in [0.15, 0.2) is 47.6 Å². The Morgan fingerprint density at radius 2 is 1.79 bits per heavy atom. The fourth-order valence-electron chi connectivity index (χ4n) is 4.71. The van der Waals surface area contributed by atoms with E-state index in [1.165, 1.54) is 37.5 Å². The predicted octanol–water partition coefficient (Wildman–Crippen LogP) is 5.53. The highest BCUT2D eigenvalue weighted by Gasteiger charge is 2.65. The first-order valence-electron chi connectivity index (χ1n) is 12.9. The van der Waals surface area contributed by atoms with Crippen molar-refractivity contribution in [2.75, 3.05) is 25.6 Å². The lowest BCUT2D eigenvalue weighted by Gasteiger charge is -2.40. The Morgan fingerprint density at radius 3 is 2.26 bits per heavy atom. The zero-order valence-electron chi connectivity index (χ0n) is 22.8. The molecule has 2 aliphatic rings. The minimum atomic E-state index is -9.86. The van der Waals surface area contributed by atoms with Crippen LogP contribution in [0.5, 0.6) is 5.75 Å². The zero-order chi connectivity index (χ0) is 31.4. The molecule has 1 saturated heterocycles. The third-order valence-corrected chi connectivity index (χ3v) is 8.18. The average Bonchev–Trinajstić information content (AvgIpc) is 3.35. The zero-order valence-corrected chi connectivity index (χ0v) is 23.6. The number of anilines is 1. The van der Waals surface area contributed by atoms with Crippen LogP contribution >= 0.6 is 10.2 Å². The topological polar surface area (TPSA) is 104 Å². The van der Waals surface area contributed by atoms with Gasteiger partial charge in [-0.05, 0) is 49.6 Å². The van der Waals surface area contributed by atoms with E-state index in [9.17, 15) is 37.8 Å². The maximum absolute atomic E-state index is 13.5. The molecule has 8 nitrogen and oxygen atoms in total. The number of aldehydes is 1. The molecule has 2 heterocycles. The largest absolute Gasteiger partial charge is 0.496 e. The SMILES string of the molecule is COc1ccncc1C(C(=O)NC1CCC(F)(F)CC1)N(C)c1ccc(S(F)(F)(F)(F)F)cc1.O=CC1CC(O)CN1. The van der Waals surface area contributed by atoms with Crippen molar-refractivity contribution in [3.05, 3.63) is 48.3 Å². The van der Waals surface area contributed by atoms with E-state index in [0.29, 0.717) is 13.0 Å². The van der Waals surface area contributed by atoms with Crippen molar-refractivity contribution in [3.8, 4) is 5.75 Å². The molecule has 42 heavy (non-hydrogen) atoms. The standard InChI is InChI=1S/C21H24F7N3O2S.C5H9NO2/c1-31(15-3-5-16(6-4-15)34(24,25,26,27)28)19(17-13-29-12-9-18(17)33-2)20(32)30-14-7-10-21(22,23)11-8-14;7-3-4-1-5(8)2-6-4/h3-6,9,12-14,19H,7-8,10-11H2,1-2H3,(H,30,32);3-6,8H,1-2H2. The fraction of sp³-hybridized carbons (Fsp3) is 0.500. The minimum Gasteiger partial charge on any atom is -0.496 e. The van der Waals surface area contributed by atoms with E-state index in [-0.39, 0.29) is 67.0 Å². The van der Waals surface area contributed by atoms with Gasteiger partial charge in [0.05, 0.1) is 19.3 Å². The molecule has 1 saturated carbocycles. The van der Waals surface area contributed by atoms with Gasteiger partial charge in [-0.3, -0.25) is 9.78 Å². The molecule has 2 aromatic rings. The van der Waals surface area contributed by atoms with Crippen molar-refractivity contribution >= 4 is 28.1 Å². The molecule has 2 fully saturated rings. The van der Waals surface area contributed by atoms with Gasteiger partial charge in [0.2, 0.25) is 11.8 Å². The molecule has 1 aliphatic heterocycles. The van der Waals surface area contributed by atoms with Crippen molar-refractivity contribution in [3.63, 3.8) is 0 Å². The van der Waals surface area contributed by atoms with Gasteiger partial charge in [0, 0.05) is 56.1 Å². The number of amides is 1. The summed E-state index contributed by atoms with van der Waals surface area (Å²) in [4.78, 5) is 26.4. The highest BCUT2D eigenvalue weighted by molar-refractivity contribution is 8.45. The Bertz CT molecular complexity index is 1240. The number of aromatic nitrogens is 1. The summed E-state index contributed by atoms with van der Waals surface area (Å²) in [6.07, 6.45) is 3.16. The number of nitrogens with zero attached hydrogens (tertiary/aromatic N) is 2. The number of benzene rings is 1. The number of aliphatic hydroxyl groups is 1. The van der Waals surface area contributed by atoms with Crippen LogP contribution in [0.1, 0.15) is 43.7 Å². The fourth-order valence-corrected chi connectivity index (χ4v) is 5.36. The number of likely N-dealkylation sites (N-methyl/N-ethyl adjacent to an activating group) is 1. The number of alkyl halides is 2. The van der Waals surface area contributed by atoms with Gasteiger partial charge in [-0.15, -0.1) is 0 Å². The molecule has 1 aliphatic carbocycles. The molecule has 3 atom stereocenters. The van der Waals surface area contributed by atoms with Crippen molar-refractivity contribution in [2.24, 2.45) is 0 Å². The summed E-state index contributed by atoms with van der Waals surface area (Å²) in [7, 11) is -7.13. The van der Waals surface area contributed by atoms with E-state index < -0.39 is 39.0 Å². The quantitative estimate of drug-likeness (QED) is 0.261. The third-order valence-electron chi connectivity index (χ3n) is 7.02. The van der Waals surface area contributed by atoms with E-state index in [0.717, 1.165) is 18.4 Å². The number of carbonyl (C=O) groups is 2. The average molecular weight is 631 g/mol. The summed E-state index contributed by atoms with van der Waals surface area (Å²) >= 11 is 0. The predicted molar refractivity (Wildman–Crippen MR) is 144 cm³/mol. The Balaban J connectivity index is 0.000000521. The number of rotatable bonds is 8. The van der Waals surface area contributed by atoms with Gasteiger partial charge < -0.3 is 30.2 Å². The van der Waals surface area contributed by atoms with Crippen LogP contribution in [0.3, 0.4) is 0 Å². The molecular formula is C26H33F7N4O4S. The first-order chi connectivity index (χ1) is 19.3. The second-order valence-electron chi connectivity index (χ2n) is 10.3. The van der Waals surface area contributed by atoms with E-state index in [2.05, 4.69) is 15.6 Å². The number of hydrogen-bond donors (Lipinski definition) is 3. The van der Waals surface area contributed by atoms with E-state index in [4.69, 9.17) is 9.84 Å². The highest BCUT2D eigenvalue weighted by Crippen LogP contribution is 3.02. The normalized spacial score (nSPS) is 22.9. The number of halogens is 7. The van der Waals surface area contributed by atoms with Crippen LogP contribution in [-0.2, 0) is 9.59 Å². The monoisotopic (exact) mass is 630 g/mol. The van der Waals surface area contributed by atoms with Gasteiger partial charge in [-0.2, -0.15) is 0 Å². The molecular weight excluding hydrogens is 597 g/mol. The lowest BCUT2D eigenvalue weighted by Crippen LogP contribution is -2.46. The smallest absolute Gasteiger partial charge is 0.310 e. The number of aliphatic hydroxyl groups excluding tert-OH is 1. The molecule has 3 N–H and O–H groups in total. The molecule has 0 spiro atoms. The van der Waals surface area contributed by atoms with Crippen LogP contribution < -0.4 is 20.3 Å². The van der Waals surface area contributed by atoms with E-state index in [1.54, 1.807) is 0 Å². The molecule has 1 aromatic heterocycles. The van der Waals surface area contributed by atoms with Crippen LogP contribution in [0.2, 0.25) is 0 Å². The van der Waals surface area contributed by atoms with Crippen molar-refractivity contribution in [1.29, 1.82) is 0 Å². The van der Waals surface area contributed by atoms with Gasteiger partial charge in [0.25, 0.3) is 0 Å². The van der Waals surface area contributed by atoms with Crippen molar-refractivity contribution < 1.29 is 47.6 Å². The summed E-state index contributed by atoms with van der Waals surface area (Å²) in [6.45, 7) is 0.559. The van der Waals surface area contributed by atoms with E-state index in [1.807, 2.05) is 0 Å². The molecule has 236 valence electrons. The number of ether oxygens (including phenoxy) is 1. The number of pyridine rings is 1. The number of β-amino-alcohol motifs (C(OH)–C–C–N with tert-alkyl or cyclic N) is 1. The second-order valence-corrected chi connectivity index (χ2v) is 12.7. The molecule has 0 bridgehead atoms. The Morgan fingerprint density at radius 1 is 1.17 bits per heavy atom. The van der Waals surface area contributed by atoms with Crippen LogP contribution in [0, 0.1) is 0 Å². The molecule has 16 heteroatoms. The Hall–Kier alpha value is -3.11. The first-order valence-corrected chi connectivity index (χ1v) is 14.9. The summed E-state index contributed by atoms with van der Waals surface area (Å²) in [6, 6.07) is 1.82. The number of carbonyl (C=O) groups excluding carboxylic acids is 2. The molecule has 3 unspecified atom stereocenters. The number of hydrogen-bond acceptors (Lipinski definition) is 7. The third kappa shape index (κ3) is 8.94. The Labute approximate surface area is 238 Å². The summed E-state index contributed by atoms with van der Waals surface area (Å²) in [5.41, 5.74) is 0.287. The summed E-state index contributed by atoms with van der Waals surface area (Å²) in [5, 5.41) is 14.4. The number of nitrogens with one attached hydrogen (secondary N) is 2. The van der Waals surface area contributed by atoms with Gasteiger partial charge >= 0.3 is 10.2 Å².